The lowest BCUT2D eigenvalue weighted by molar-refractivity contribution is -0.141. The summed E-state index contributed by atoms with van der Waals surface area (Å²) < 4.78 is 40.8. The quantitative estimate of drug-likeness (QED) is 0.524. The molecule has 1 fully saturated rings. The molecule has 0 spiro atoms. The van der Waals surface area contributed by atoms with Gasteiger partial charge < -0.3 is 14.4 Å². The predicted molar refractivity (Wildman–Crippen MR) is 115 cm³/mol. The van der Waals surface area contributed by atoms with Gasteiger partial charge in [-0.2, -0.15) is 13.2 Å². The molecule has 32 heavy (non-hydrogen) atoms. The third-order valence-electron chi connectivity index (χ3n) is 5.02. The first-order valence-electron chi connectivity index (χ1n) is 10.0. The average molecular weight is 463 g/mol. The molecule has 0 saturated carbocycles. The number of carbonyl (C=O) groups is 1. The van der Waals surface area contributed by atoms with Crippen LogP contribution in [0.3, 0.4) is 0 Å². The number of aromatic nitrogens is 4. The SMILES string of the molecule is O=C(CSc1ncc(-c2ccccc2)n1CC(F)(F)F)N1CCN(c2ncccn2)CC1. The largest absolute Gasteiger partial charge is 0.406 e. The van der Waals surface area contributed by atoms with E-state index in [1.165, 1.54) is 6.20 Å². The molecule has 3 aromatic rings. The fourth-order valence-electron chi connectivity index (χ4n) is 3.47. The fourth-order valence-corrected chi connectivity index (χ4v) is 4.35. The zero-order valence-corrected chi connectivity index (χ0v) is 17.9. The van der Waals surface area contributed by atoms with Crippen molar-refractivity contribution in [2.45, 2.75) is 17.9 Å². The van der Waals surface area contributed by atoms with Gasteiger partial charge in [-0.15, -0.1) is 0 Å². The number of benzene rings is 1. The van der Waals surface area contributed by atoms with Gasteiger partial charge in [0.05, 0.1) is 17.6 Å². The number of hydrogen-bond donors (Lipinski definition) is 0. The maximum atomic E-state index is 13.2. The van der Waals surface area contributed by atoms with Gasteiger partial charge in [0.2, 0.25) is 11.9 Å². The van der Waals surface area contributed by atoms with Gasteiger partial charge in [0.1, 0.15) is 6.54 Å². The number of thioether (sulfide) groups is 1. The molecule has 0 unspecified atom stereocenters. The van der Waals surface area contributed by atoms with Crippen LogP contribution < -0.4 is 4.90 Å². The molecule has 0 radical (unpaired) electrons. The first kappa shape index (κ1) is 22.1. The van der Waals surface area contributed by atoms with Gasteiger partial charge in [-0.05, 0) is 11.6 Å². The number of nitrogens with zero attached hydrogens (tertiary/aromatic N) is 6. The van der Waals surface area contributed by atoms with Crippen molar-refractivity contribution < 1.29 is 18.0 Å². The predicted octanol–water partition coefficient (Wildman–Crippen LogP) is 3.34. The maximum Gasteiger partial charge on any atom is 0.406 e. The molecule has 1 aliphatic heterocycles. The Morgan fingerprint density at radius 3 is 2.31 bits per heavy atom. The summed E-state index contributed by atoms with van der Waals surface area (Å²) in [6.07, 6.45) is 0.360. The number of anilines is 1. The summed E-state index contributed by atoms with van der Waals surface area (Å²) in [5, 5.41) is 0.172. The lowest BCUT2D eigenvalue weighted by atomic mass is 10.2. The van der Waals surface area contributed by atoms with Crippen molar-refractivity contribution in [3.63, 3.8) is 0 Å². The van der Waals surface area contributed by atoms with E-state index in [0.29, 0.717) is 43.4 Å². The average Bonchev–Trinajstić information content (AvgIpc) is 3.19. The molecule has 1 aromatic carbocycles. The van der Waals surface area contributed by atoms with Crippen LogP contribution in [0, 0.1) is 0 Å². The molecular weight excluding hydrogens is 441 g/mol. The number of halogens is 3. The molecule has 4 rings (SSSR count). The second-order valence-corrected chi connectivity index (χ2v) is 8.14. The molecule has 7 nitrogen and oxygen atoms in total. The van der Waals surface area contributed by atoms with E-state index in [4.69, 9.17) is 0 Å². The van der Waals surface area contributed by atoms with E-state index in [1.54, 1.807) is 53.7 Å². The third kappa shape index (κ3) is 5.39. The van der Waals surface area contributed by atoms with Gasteiger partial charge >= 0.3 is 6.18 Å². The Labute approximate surface area is 187 Å². The number of hydrogen-bond acceptors (Lipinski definition) is 6. The van der Waals surface area contributed by atoms with E-state index in [2.05, 4.69) is 15.0 Å². The molecule has 1 amide bonds. The van der Waals surface area contributed by atoms with Crippen LogP contribution >= 0.6 is 11.8 Å². The lowest BCUT2D eigenvalue weighted by Gasteiger charge is -2.34. The Morgan fingerprint density at radius 1 is 0.969 bits per heavy atom. The van der Waals surface area contributed by atoms with Crippen LogP contribution in [0.5, 0.6) is 0 Å². The van der Waals surface area contributed by atoms with Crippen molar-refractivity contribution >= 4 is 23.6 Å². The summed E-state index contributed by atoms with van der Waals surface area (Å²) in [7, 11) is 0. The summed E-state index contributed by atoms with van der Waals surface area (Å²) in [4.78, 5) is 29.0. The highest BCUT2D eigenvalue weighted by Crippen LogP contribution is 2.30. The first-order chi connectivity index (χ1) is 15.4. The number of amides is 1. The van der Waals surface area contributed by atoms with E-state index < -0.39 is 12.7 Å². The van der Waals surface area contributed by atoms with Crippen molar-refractivity contribution in [2.75, 3.05) is 36.8 Å². The van der Waals surface area contributed by atoms with Crippen LogP contribution in [-0.4, -0.2) is 68.4 Å². The van der Waals surface area contributed by atoms with Crippen LogP contribution in [0.4, 0.5) is 19.1 Å². The summed E-state index contributed by atoms with van der Waals surface area (Å²) in [5.41, 5.74) is 1.01. The second kappa shape index (κ2) is 9.60. The Morgan fingerprint density at radius 2 is 1.66 bits per heavy atom. The van der Waals surface area contributed by atoms with E-state index in [-0.39, 0.29) is 16.8 Å². The van der Waals surface area contributed by atoms with Gasteiger partial charge in [0, 0.05) is 38.6 Å². The van der Waals surface area contributed by atoms with E-state index in [0.717, 1.165) is 16.3 Å². The smallest absolute Gasteiger partial charge is 0.338 e. The Bertz CT molecular complexity index is 1040. The van der Waals surface area contributed by atoms with Gasteiger partial charge in [0.25, 0.3) is 0 Å². The zero-order valence-electron chi connectivity index (χ0n) is 17.1. The molecule has 1 saturated heterocycles. The minimum atomic E-state index is -4.40. The van der Waals surface area contributed by atoms with E-state index >= 15 is 0 Å². The van der Waals surface area contributed by atoms with E-state index in [1.807, 2.05) is 4.90 Å². The van der Waals surface area contributed by atoms with Crippen molar-refractivity contribution in [1.29, 1.82) is 0 Å². The number of piperazine rings is 1. The topological polar surface area (TPSA) is 67.2 Å². The monoisotopic (exact) mass is 462 g/mol. The number of carbonyl (C=O) groups excluding carboxylic acids is 1. The van der Waals surface area contributed by atoms with Crippen LogP contribution in [0.25, 0.3) is 11.3 Å². The Balaban J connectivity index is 1.40. The molecule has 0 N–H and O–H groups in total. The lowest BCUT2D eigenvalue weighted by Crippen LogP contribution is -2.49. The van der Waals surface area contributed by atoms with Gasteiger partial charge in [-0.1, -0.05) is 42.1 Å². The fraction of sp³-hybridized carbons (Fsp3) is 0.333. The van der Waals surface area contributed by atoms with Crippen LogP contribution in [0.2, 0.25) is 0 Å². The summed E-state index contributed by atoms with van der Waals surface area (Å²) in [6.45, 7) is 1.04. The van der Waals surface area contributed by atoms with Crippen LogP contribution in [-0.2, 0) is 11.3 Å². The van der Waals surface area contributed by atoms with Gasteiger partial charge in [-0.3, -0.25) is 4.79 Å². The normalized spacial score (nSPS) is 14.6. The highest BCUT2D eigenvalue weighted by atomic mass is 32.2. The maximum absolute atomic E-state index is 13.2. The van der Waals surface area contributed by atoms with E-state index in [9.17, 15) is 18.0 Å². The summed E-state index contributed by atoms with van der Waals surface area (Å²) in [6, 6.07) is 10.5. The van der Waals surface area contributed by atoms with Crippen LogP contribution in [0.1, 0.15) is 0 Å². The standard InChI is InChI=1S/C21H21F3N6OS/c22-21(23,24)15-30-17(16-5-2-1-3-6-16)13-27-20(30)32-14-18(31)28-9-11-29(12-10-28)19-25-7-4-8-26-19/h1-8,13H,9-12,14-15H2. The van der Waals surface area contributed by atoms with Crippen molar-refractivity contribution in [2.24, 2.45) is 0 Å². The molecule has 168 valence electrons. The summed E-state index contributed by atoms with van der Waals surface area (Å²) >= 11 is 1.02. The minimum Gasteiger partial charge on any atom is -0.338 e. The van der Waals surface area contributed by atoms with Crippen molar-refractivity contribution in [3.8, 4) is 11.3 Å². The highest BCUT2D eigenvalue weighted by molar-refractivity contribution is 7.99. The molecule has 1 aliphatic rings. The van der Waals surface area contributed by atoms with Crippen molar-refractivity contribution in [1.82, 2.24) is 24.4 Å². The second-order valence-electron chi connectivity index (χ2n) is 7.20. The van der Waals surface area contributed by atoms with Gasteiger partial charge in [-0.25, -0.2) is 15.0 Å². The Hall–Kier alpha value is -3.08. The van der Waals surface area contributed by atoms with Gasteiger partial charge in [0.15, 0.2) is 5.16 Å². The molecular formula is C21H21F3N6OS. The zero-order chi connectivity index (χ0) is 22.6. The third-order valence-corrected chi connectivity index (χ3v) is 5.99. The number of rotatable bonds is 6. The molecule has 0 bridgehead atoms. The summed E-state index contributed by atoms with van der Waals surface area (Å²) in [5.74, 6) is 0.508. The number of alkyl halides is 3. The van der Waals surface area contributed by atoms with Crippen LogP contribution in [0.15, 0.2) is 60.1 Å². The molecule has 0 atom stereocenters. The number of imidazole rings is 1. The molecule has 2 aromatic heterocycles. The molecule has 0 aliphatic carbocycles. The van der Waals surface area contributed by atoms with Crippen molar-refractivity contribution in [3.05, 3.63) is 55.0 Å². The molecule has 3 heterocycles. The first-order valence-corrected chi connectivity index (χ1v) is 11.0. The highest BCUT2D eigenvalue weighted by Gasteiger charge is 2.31. The molecule has 11 heteroatoms. The Kier molecular flexibility index (Phi) is 6.63. The minimum absolute atomic E-state index is 0.0188.